The predicted octanol–water partition coefficient (Wildman–Crippen LogP) is 3.48. The van der Waals surface area contributed by atoms with Crippen molar-refractivity contribution < 1.29 is 22.7 Å². The smallest absolute Gasteiger partial charge is 0.376 e. The molecule has 2 aromatic rings. The van der Waals surface area contributed by atoms with Crippen LogP contribution >= 0.6 is 0 Å². The second kappa shape index (κ2) is 11.0. The van der Waals surface area contributed by atoms with Crippen LogP contribution in [0.2, 0.25) is 0 Å². The highest BCUT2D eigenvalue weighted by Crippen LogP contribution is 2.29. The van der Waals surface area contributed by atoms with Gasteiger partial charge in [-0.3, -0.25) is 9.79 Å². The average molecular weight is 448 g/mol. The number of ether oxygens (including phenoxy) is 1. The fraction of sp³-hybridized carbons (Fsp3) is 0.391. The van der Waals surface area contributed by atoms with Crippen LogP contribution in [0.15, 0.2) is 53.5 Å². The Labute approximate surface area is 185 Å². The Morgan fingerprint density at radius 3 is 2.41 bits per heavy atom. The van der Waals surface area contributed by atoms with Crippen LogP contribution in [0.4, 0.5) is 13.2 Å². The van der Waals surface area contributed by atoms with Crippen molar-refractivity contribution >= 4 is 11.9 Å². The van der Waals surface area contributed by atoms with Crippen LogP contribution in [0.3, 0.4) is 0 Å². The zero-order valence-electron chi connectivity index (χ0n) is 17.8. The van der Waals surface area contributed by atoms with Gasteiger partial charge in [0.2, 0.25) is 0 Å². The molecular weight excluding hydrogens is 421 g/mol. The van der Waals surface area contributed by atoms with E-state index < -0.39 is 11.7 Å². The molecule has 1 aliphatic rings. The summed E-state index contributed by atoms with van der Waals surface area (Å²) in [5, 5.41) is 9.11. The van der Waals surface area contributed by atoms with Crippen LogP contribution in [-0.4, -0.2) is 38.2 Å². The first-order valence-corrected chi connectivity index (χ1v) is 10.4. The van der Waals surface area contributed by atoms with Crippen LogP contribution < -0.4 is 16.0 Å². The lowest BCUT2D eigenvalue weighted by molar-refractivity contribution is -0.137. The minimum Gasteiger partial charge on any atom is -0.376 e. The molecule has 0 saturated carbocycles. The fourth-order valence-electron chi connectivity index (χ4n) is 3.34. The van der Waals surface area contributed by atoms with Gasteiger partial charge < -0.3 is 20.7 Å². The van der Waals surface area contributed by atoms with E-state index in [-0.39, 0.29) is 12.0 Å². The Morgan fingerprint density at radius 2 is 1.78 bits per heavy atom. The van der Waals surface area contributed by atoms with Crippen molar-refractivity contribution in [3.8, 4) is 0 Å². The first kappa shape index (κ1) is 23.6. The van der Waals surface area contributed by atoms with E-state index >= 15 is 0 Å². The summed E-state index contributed by atoms with van der Waals surface area (Å²) in [4.78, 5) is 16.5. The minimum atomic E-state index is -4.35. The lowest BCUT2D eigenvalue weighted by Gasteiger charge is -2.14. The molecule has 9 heteroatoms. The van der Waals surface area contributed by atoms with Crippen LogP contribution in [0.5, 0.6) is 0 Å². The lowest BCUT2D eigenvalue weighted by atomic mass is 10.1. The highest BCUT2D eigenvalue weighted by atomic mass is 19.4. The van der Waals surface area contributed by atoms with E-state index in [0.29, 0.717) is 36.7 Å². The quantitative estimate of drug-likeness (QED) is 0.448. The molecule has 0 radical (unpaired) electrons. The third-order valence-electron chi connectivity index (χ3n) is 5.13. The summed E-state index contributed by atoms with van der Waals surface area (Å²) in [6, 6.07) is 12.3. The van der Waals surface area contributed by atoms with Crippen molar-refractivity contribution in [1.82, 2.24) is 16.0 Å². The molecule has 6 nitrogen and oxygen atoms in total. The first-order valence-electron chi connectivity index (χ1n) is 10.4. The van der Waals surface area contributed by atoms with E-state index in [1.54, 1.807) is 19.2 Å². The maximum Gasteiger partial charge on any atom is 0.416 e. The van der Waals surface area contributed by atoms with E-state index in [0.717, 1.165) is 37.1 Å². The summed E-state index contributed by atoms with van der Waals surface area (Å²) < 4.78 is 43.5. The number of aliphatic imine (C=N–C) groups is 1. The van der Waals surface area contributed by atoms with Crippen LogP contribution in [0.1, 0.15) is 39.9 Å². The largest absolute Gasteiger partial charge is 0.416 e. The molecule has 1 fully saturated rings. The zero-order chi connectivity index (χ0) is 23.0. The van der Waals surface area contributed by atoms with Crippen LogP contribution in [-0.2, 0) is 24.0 Å². The molecule has 1 saturated heterocycles. The molecular formula is C23H27F3N4O2. The molecule has 0 bridgehead atoms. The van der Waals surface area contributed by atoms with Gasteiger partial charge in [0.05, 0.1) is 11.7 Å². The van der Waals surface area contributed by atoms with E-state index in [1.165, 1.54) is 12.1 Å². The number of carbonyl (C=O) groups excluding carboxylic acids is 1. The molecule has 1 amide bonds. The van der Waals surface area contributed by atoms with Crippen molar-refractivity contribution in [2.45, 2.75) is 38.2 Å². The number of alkyl halides is 3. The second-order valence-corrected chi connectivity index (χ2v) is 7.52. The zero-order valence-corrected chi connectivity index (χ0v) is 17.8. The maximum absolute atomic E-state index is 12.7. The topological polar surface area (TPSA) is 74.8 Å². The van der Waals surface area contributed by atoms with Crippen molar-refractivity contribution in [3.63, 3.8) is 0 Å². The Bertz CT molecular complexity index is 924. The summed E-state index contributed by atoms with van der Waals surface area (Å²) >= 11 is 0. The van der Waals surface area contributed by atoms with Gasteiger partial charge in [-0.05, 0) is 48.2 Å². The molecule has 0 aliphatic carbocycles. The van der Waals surface area contributed by atoms with E-state index in [2.05, 4.69) is 20.9 Å². The maximum atomic E-state index is 12.7. The van der Waals surface area contributed by atoms with Crippen LogP contribution in [0.25, 0.3) is 0 Å². The number of hydrogen-bond acceptors (Lipinski definition) is 3. The number of guanidine groups is 1. The fourth-order valence-corrected chi connectivity index (χ4v) is 3.34. The van der Waals surface area contributed by atoms with E-state index in [1.807, 2.05) is 12.1 Å². The van der Waals surface area contributed by atoms with Crippen LogP contribution in [0, 0.1) is 0 Å². The summed E-state index contributed by atoms with van der Waals surface area (Å²) in [5.74, 6) is 0.352. The SMILES string of the molecule is CN=C(NCc1ccc(C(F)(F)F)cc1)NCc1cccc(C(=O)NCC2CCCO2)c1. The van der Waals surface area contributed by atoms with Crippen molar-refractivity contribution in [2.75, 3.05) is 20.2 Å². The summed E-state index contributed by atoms with van der Waals surface area (Å²) in [6.45, 7) is 2.00. The number of amides is 1. The molecule has 3 N–H and O–H groups in total. The number of nitrogens with one attached hydrogen (secondary N) is 3. The number of nitrogens with zero attached hydrogens (tertiary/aromatic N) is 1. The Balaban J connectivity index is 1.48. The number of rotatable bonds is 7. The Morgan fingerprint density at radius 1 is 1.06 bits per heavy atom. The van der Waals surface area contributed by atoms with Gasteiger partial charge >= 0.3 is 6.18 Å². The van der Waals surface area contributed by atoms with Gasteiger partial charge in [0.1, 0.15) is 0 Å². The number of hydrogen-bond donors (Lipinski definition) is 3. The first-order chi connectivity index (χ1) is 15.3. The molecule has 172 valence electrons. The van der Waals surface area contributed by atoms with Crippen molar-refractivity contribution in [1.29, 1.82) is 0 Å². The minimum absolute atomic E-state index is 0.0860. The molecule has 0 aromatic heterocycles. The summed E-state index contributed by atoms with van der Waals surface area (Å²) in [6.07, 6.45) is -2.28. The van der Waals surface area contributed by atoms with Gasteiger partial charge in [-0.25, -0.2) is 0 Å². The monoisotopic (exact) mass is 448 g/mol. The summed E-state index contributed by atoms with van der Waals surface area (Å²) in [5.41, 5.74) is 1.48. The highest BCUT2D eigenvalue weighted by Gasteiger charge is 2.29. The van der Waals surface area contributed by atoms with Crippen molar-refractivity contribution in [2.24, 2.45) is 4.99 Å². The Kier molecular flexibility index (Phi) is 8.10. The van der Waals surface area contributed by atoms with Gasteiger partial charge in [0, 0.05) is 38.9 Å². The molecule has 1 atom stereocenters. The van der Waals surface area contributed by atoms with Gasteiger partial charge in [-0.2, -0.15) is 13.2 Å². The predicted molar refractivity (Wildman–Crippen MR) is 116 cm³/mol. The third-order valence-corrected chi connectivity index (χ3v) is 5.13. The van der Waals surface area contributed by atoms with E-state index in [9.17, 15) is 18.0 Å². The van der Waals surface area contributed by atoms with Crippen molar-refractivity contribution in [3.05, 3.63) is 70.8 Å². The number of carbonyl (C=O) groups is 1. The van der Waals surface area contributed by atoms with Gasteiger partial charge in [-0.1, -0.05) is 24.3 Å². The van der Waals surface area contributed by atoms with Gasteiger partial charge in [-0.15, -0.1) is 0 Å². The molecule has 0 spiro atoms. The average Bonchev–Trinajstić information content (AvgIpc) is 3.31. The molecule has 1 heterocycles. The lowest BCUT2D eigenvalue weighted by Crippen LogP contribution is -2.36. The molecule has 1 unspecified atom stereocenters. The van der Waals surface area contributed by atoms with Gasteiger partial charge in [0.25, 0.3) is 5.91 Å². The molecule has 32 heavy (non-hydrogen) atoms. The number of benzene rings is 2. The second-order valence-electron chi connectivity index (χ2n) is 7.52. The molecule has 2 aromatic carbocycles. The summed E-state index contributed by atoms with van der Waals surface area (Å²) in [7, 11) is 1.61. The van der Waals surface area contributed by atoms with Gasteiger partial charge in [0.15, 0.2) is 5.96 Å². The van der Waals surface area contributed by atoms with E-state index in [4.69, 9.17) is 4.74 Å². The third kappa shape index (κ3) is 6.98. The standard InChI is InChI=1S/C23H27F3N4O2/c1-27-22(29-13-16-7-9-19(10-8-16)23(24,25)26)30-14-17-4-2-5-18(12-17)21(31)28-15-20-6-3-11-32-20/h2,4-5,7-10,12,20H,3,6,11,13-15H2,1H3,(H,28,31)(H2,27,29,30). The molecule has 1 aliphatic heterocycles. The molecule has 3 rings (SSSR count). The number of halogens is 3. The normalized spacial score (nSPS) is 16.6. The Hall–Kier alpha value is -3.07. The highest BCUT2D eigenvalue weighted by molar-refractivity contribution is 5.94.